The molecule has 140 valence electrons. The third-order valence-corrected chi connectivity index (χ3v) is 7.88. The molecule has 1 aromatic rings. The molecule has 5 nitrogen and oxygen atoms in total. The van der Waals surface area contributed by atoms with Gasteiger partial charge in [-0.25, -0.2) is 9.69 Å². The van der Waals surface area contributed by atoms with E-state index in [2.05, 4.69) is 28.6 Å². The van der Waals surface area contributed by atoms with Crippen LogP contribution in [0.5, 0.6) is 0 Å². The molecule has 1 N–H and O–H groups in total. The molecule has 0 radical (unpaired) electrons. The van der Waals surface area contributed by atoms with Crippen LogP contribution in [0.15, 0.2) is 11.4 Å². The molecule has 3 heterocycles. The fraction of sp³-hybridized carbons (Fsp3) is 0.700. The van der Waals surface area contributed by atoms with Crippen molar-refractivity contribution in [1.29, 1.82) is 0 Å². The van der Waals surface area contributed by atoms with E-state index in [9.17, 15) is 9.59 Å². The van der Waals surface area contributed by atoms with Crippen molar-refractivity contribution in [1.82, 2.24) is 15.1 Å². The molecule has 2 aliphatic carbocycles. The largest absolute Gasteiger partial charge is 0.326 e. The summed E-state index contributed by atoms with van der Waals surface area (Å²) < 4.78 is 0. The second-order valence-electron chi connectivity index (χ2n) is 8.71. The third kappa shape index (κ3) is 2.61. The van der Waals surface area contributed by atoms with Crippen molar-refractivity contribution < 1.29 is 9.59 Å². The van der Waals surface area contributed by atoms with Gasteiger partial charge in [-0.3, -0.25) is 9.69 Å². The molecular weight excluding hydrogens is 346 g/mol. The van der Waals surface area contributed by atoms with Crippen LogP contribution >= 0.6 is 11.3 Å². The van der Waals surface area contributed by atoms with Gasteiger partial charge in [0, 0.05) is 17.5 Å². The number of nitrogens with zero attached hydrogens (tertiary/aromatic N) is 2. The van der Waals surface area contributed by atoms with Crippen molar-refractivity contribution in [3.05, 3.63) is 21.9 Å². The van der Waals surface area contributed by atoms with Crippen LogP contribution in [0.2, 0.25) is 0 Å². The maximum atomic E-state index is 13.2. The first kappa shape index (κ1) is 16.8. The number of urea groups is 1. The van der Waals surface area contributed by atoms with Gasteiger partial charge >= 0.3 is 6.03 Å². The molecular formula is C20H27N3O2S. The van der Waals surface area contributed by atoms with E-state index in [-0.39, 0.29) is 11.9 Å². The van der Waals surface area contributed by atoms with E-state index in [1.165, 1.54) is 28.2 Å². The standard InChI is InChI=1S/C20H27N3O2S/c1-13-4-8-20(9-5-13)18(24)23(19(25)21-20)12-22-10-6-16-15(7-11-26-16)17(22)14-2-3-14/h7,11,13-14,17H,2-6,8-10,12H2,1H3,(H,21,25)/t13?,17-,20?/m1/s1. The predicted molar refractivity (Wildman–Crippen MR) is 101 cm³/mol. The number of thiophene rings is 1. The maximum Gasteiger partial charge on any atom is 0.326 e. The average Bonchev–Trinajstić information content (AvgIpc) is 3.31. The van der Waals surface area contributed by atoms with Crippen molar-refractivity contribution >= 4 is 23.3 Å². The summed E-state index contributed by atoms with van der Waals surface area (Å²) in [5.41, 5.74) is 0.819. The number of carbonyl (C=O) groups excluding carboxylic acids is 2. The molecule has 1 aromatic heterocycles. The van der Waals surface area contributed by atoms with Crippen LogP contribution in [0.25, 0.3) is 0 Å². The van der Waals surface area contributed by atoms with Crippen molar-refractivity contribution in [3.63, 3.8) is 0 Å². The Hall–Kier alpha value is -1.40. The van der Waals surface area contributed by atoms with Crippen LogP contribution in [-0.4, -0.2) is 40.5 Å². The quantitative estimate of drug-likeness (QED) is 0.825. The Bertz CT molecular complexity index is 733. The van der Waals surface area contributed by atoms with Crippen molar-refractivity contribution in [2.45, 2.75) is 63.5 Å². The SMILES string of the molecule is CC1CCC2(CC1)NC(=O)N(CN1CCc3sccc3[C@H]1C1CC1)C2=O. The Kier molecular flexibility index (Phi) is 3.90. The van der Waals surface area contributed by atoms with E-state index in [4.69, 9.17) is 0 Å². The van der Waals surface area contributed by atoms with Crippen LogP contribution in [0.4, 0.5) is 4.79 Å². The zero-order valence-corrected chi connectivity index (χ0v) is 16.2. The summed E-state index contributed by atoms with van der Waals surface area (Å²) in [6, 6.07) is 2.45. The summed E-state index contributed by atoms with van der Waals surface area (Å²) in [4.78, 5) is 31.2. The van der Waals surface area contributed by atoms with E-state index in [1.54, 1.807) is 0 Å². The minimum absolute atomic E-state index is 0.0139. The first-order valence-corrected chi connectivity index (χ1v) is 10.9. The minimum Gasteiger partial charge on any atom is -0.323 e. The molecule has 0 aromatic carbocycles. The van der Waals surface area contributed by atoms with Gasteiger partial charge in [-0.05, 0) is 73.8 Å². The Morgan fingerprint density at radius 2 is 2.00 bits per heavy atom. The summed E-state index contributed by atoms with van der Waals surface area (Å²) in [5, 5.41) is 5.26. The number of fused-ring (bicyclic) bond motifs is 1. The van der Waals surface area contributed by atoms with Gasteiger partial charge in [0.2, 0.25) is 0 Å². The molecule has 0 unspecified atom stereocenters. The molecule has 2 aliphatic heterocycles. The second kappa shape index (κ2) is 6.06. The van der Waals surface area contributed by atoms with Crippen LogP contribution in [0.1, 0.15) is 61.9 Å². The van der Waals surface area contributed by atoms with Crippen molar-refractivity contribution in [3.8, 4) is 0 Å². The number of hydrogen-bond donors (Lipinski definition) is 1. The van der Waals surface area contributed by atoms with E-state index in [1.807, 2.05) is 11.3 Å². The molecule has 5 rings (SSSR count). The van der Waals surface area contributed by atoms with E-state index in [0.29, 0.717) is 24.5 Å². The predicted octanol–water partition coefficient (Wildman–Crippen LogP) is 3.52. The molecule has 2 saturated carbocycles. The zero-order chi connectivity index (χ0) is 17.9. The van der Waals surface area contributed by atoms with Crippen molar-refractivity contribution in [2.24, 2.45) is 11.8 Å². The average molecular weight is 374 g/mol. The summed E-state index contributed by atoms with van der Waals surface area (Å²) in [6.07, 6.45) is 7.17. The number of amides is 3. The zero-order valence-electron chi connectivity index (χ0n) is 15.4. The summed E-state index contributed by atoms with van der Waals surface area (Å²) in [6.45, 7) is 3.62. The smallest absolute Gasteiger partial charge is 0.323 e. The van der Waals surface area contributed by atoms with Gasteiger partial charge < -0.3 is 5.32 Å². The van der Waals surface area contributed by atoms with Crippen LogP contribution < -0.4 is 5.32 Å². The number of rotatable bonds is 3. The van der Waals surface area contributed by atoms with Crippen LogP contribution in [0, 0.1) is 11.8 Å². The molecule has 1 atom stereocenters. The Labute approximate surface area is 158 Å². The molecule has 1 spiro atoms. The molecule has 1 saturated heterocycles. The lowest BCUT2D eigenvalue weighted by Crippen LogP contribution is -2.50. The fourth-order valence-electron chi connectivity index (χ4n) is 5.10. The number of imide groups is 1. The first-order chi connectivity index (χ1) is 12.6. The number of hydrogen-bond acceptors (Lipinski definition) is 4. The normalized spacial score (nSPS) is 35.0. The highest BCUT2D eigenvalue weighted by Crippen LogP contribution is 2.48. The van der Waals surface area contributed by atoms with E-state index in [0.717, 1.165) is 38.6 Å². The Morgan fingerprint density at radius 3 is 2.73 bits per heavy atom. The molecule has 3 fully saturated rings. The lowest BCUT2D eigenvalue weighted by Gasteiger charge is -2.38. The third-order valence-electron chi connectivity index (χ3n) is 6.88. The van der Waals surface area contributed by atoms with Gasteiger partial charge in [-0.2, -0.15) is 0 Å². The number of nitrogens with one attached hydrogen (secondary N) is 1. The van der Waals surface area contributed by atoms with Crippen LogP contribution in [-0.2, 0) is 11.2 Å². The Balaban J connectivity index is 1.36. The highest BCUT2D eigenvalue weighted by atomic mass is 32.1. The second-order valence-corrected chi connectivity index (χ2v) is 9.71. The van der Waals surface area contributed by atoms with E-state index < -0.39 is 5.54 Å². The summed E-state index contributed by atoms with van der Waals surface area (Å²) in [7, 11) is 0. The lowest BCUT2D eigenvalue weighted by molar-refractivity contribution is -0.134. The van der Waals surface area contributed by atoms with Gasteiger partial charge in [0.25, 0.3) is 5.91 Å². The maximum absolute atomic E-state index is 13.2. The molecule has 6 heteroatoms. The lowest BCUT2D eigenvalue weighted by atomic mass is 9.77. The minimum atomic E-state index is -0.623. The van der Waals surface area contributed by atoms with E-state index >= 15 is 0 Å². The fourth-order valence-corrected chi connectivity index (χ4v) is 6.01. The number of carbonyl (C=O) groups is 2. The summed E-state index contributed by atoms with van der Waals surface area (Å²) >= 11 is 1.85. The van der Waals surface area contributed by atoms with Gasteiger partial charge in [0.05, 0.1) is 6.67 Å². The van der Waals surface area contributed by atoms with Gasteiger partial charge in [-0.15, -0.1) is 11.3 Å². The molecule has 3 amide bonds. The van der Waals surface area contributed by atoms with Gasteiger partial charge in [0.15, 0.2) is 0 Å². The molecule has 0 bridgehead atoms. The molecule has 4 aliphatic rings. The highest BCUT2D eigenvalue weighted by molar-refractivity contribution is 7.10. The van der Waals surface area contributed by atoms with Gasteiger partial charge in [0.1, 0.15) is 5.54 Å². The monoisotopic (exact) mass is 373 g/mol. The van der Waals surface area contributed by atoms with Crippen LogP contribution in [0.3, 0.4) is 0 Å². The topological polar surface area (TPSA) is 52.7 Å². The molecule has 26 heavy (non-hydrogen) atoms. The van der Waals surface area contributed by atoms with Gasteiger partial charge in [-0.1, -0.05) is 6.92 Å². The first-order valence-electron chi connectivity index (χ1n) is 10.0. The van der Waals surface area contributed by atoms with Crippen molar-refractivity contribution in [2.75, 3.05) is 13.2 Å². The Morgan fingerprint density at radius 1 is 1.23 bits per heavy atom. The highest BCUT2D eigenvalue weighted by Gasteiger charge is 2.53. The summed E-state index contributed by atoms with van der Waals surface area (Å²) in [5.74, 6) is 1.35.